The van der Waals surface area contributed by atoms with E-state index in [2.05, 4.69) is 35.5 Å². The molecule has 1 saturated carbocycles. The number of benzene rings is 2. The lowest BCUT2D eigenvalue weighted by Crippen LogP contribution is -2.44. The highest BCUT2D eigenvalue weighted by Gasteiger charge is 2.55. The predicted octanol–water partition coefficient (Wildman–Crippen LogP) is 4.87. The first-order valence-corrected chi connectivity index (χ1v) is 11.7. The Hall–Kier alpha value is -3.28. The quantitative estimate of drug-likeness (QED) is 0.518. The number of carbonyl (C=O) groups is 1. The van der Waals surface area contributed by atoms with E-state index in [1.807, 2.05) is 29.2 Å². The van der Waals surface area contributed by atoms with E-state index in [0.717, 1.165) is 56.5 Å². The molecule has 6 heteroatoms. The molecule has 33 heavy (non-hydrogen) atoms. The van der Waals surface area contributed by atoms with Crippen molar-refractivity contribution in [2.45, 2.75) is 37.5 Å². The molecule has 0 atom stereocenters. The van der Waals surface area contributed by atoms with E-state index in [9.17, 15) is 4.79 Å². The van der Waals surface area contributed by atoms with Gasteiger partial charge in [0.1, 0.15) is 0 Å². The van der Waals surface area contributed by atoms with E-state index in [1.165, 1.54) is 5.56 Å². The molecule has 1 amide bonds. The number of nitrogens with zero attached hydrogens (tertiary/aromatic N) is 2. The van der Waals surface area contributed by atoms with Crippen LogP contribution in [0.4, 0.5) is 0 Å². The molecule has 5 rings (SSSR count). The van der Waals surface area contributed by atoms with Crippen molar-refractivity contribution in [3.05, 3.63) is 65.9 Å². The molecule has 172 valence electrons. The van der Waals surface area contributed by atoms with Crippen LogP contribution in [0.3, 0.4) is 0 Å². The summed E-state index contributed by atoms with van der Waals surface area (Å²) in [7, 11) is 3.21. The molecule has 2 fully saturated rings. The molecule has 1 saturated heterocycles. The predicted molar refractivity (Wildman–Crippen MR) is 125 cm³/mol. The summed E-state index contributed by atoms with van der Waals surface area (Å²) in [6.45, 7) is 1.64. The van der Waals surface area contributed by atoms with Gasteiger partial charge in [0.15, 0.2) is 17.3 Å². The highest BCUT2D eigenvalue weighted by molar-refractivity contribution is 5.91. The first kappa shape index (κ1) is 21.6. The number of rotatable bonds is 7. The minimum atomic E-state index is -0.523. The molecular weight excluding hydrogens is 416 g/mol. The van der Waals surface area contributed by atoms with Crippen molar-refractivity contribution in [2.75, 3.05) is 27.3 Å². The summed E-state index contributed by atoms with van der Waals surface area (Å²) in [6.07, 6.45) is 4.84. The minimum Gasteiger partial charge on any atom is -0.493 e. The van der Waals surface area contributed by atoms with Crippen molar-refractivity contribution in [1.29, 1.82) is 0 Å². The van der Waals surface area contributed by atoms with Crippen LogP contribution in [0.25, 0.3) is 11.3 Å². The molecule has 2 aliphatic rings. The van der Waals surface area contributed by atoms with Crippen LogP contribution >= 0.6 is 0 Å². The third kappa shape index (κ3) is 4.22. The highest BCUT2D eigenvalue weighted by atomic mass is 16.5. The molecule has 1 aliphatic carbocycles. The molecule has 2 heterocycles. The Morgan fingerprint density at radius 1 is 1.03 bits per heavy atom. The average Bonchev–Trinajstić information content (AvgIpc) is 3.53. The fourth-order valence-corrected chi connectivity index (χ4v) is 4.92. The molecule has 0 unspecified atom stereocenters. The first-order chi connectivity index (χ1) is 16.1. The van der Waals surface area contributed by atoms with Gasteiger partial charge in [0.05, 0.1) is 25.3 Å². The summed E-state index contributed by atoms with van der Waals surface area (Å²) in [5.74, 6) is 2.75. The molecular formula is C27H30N2O4. The maximum absolute atomic E-state index is 13.5. The van der Waals surface area contributed by atoms with E-state index < -0.39 is 5.41 Å². The van der Waals surface area contributed by atoms with Crippen molar-refractivity contribution in [1.82, 2.24) is 10.1 Å². The van der Waals surface area contributed by atoms with Gasteiger partial charge in [-0.15, -0.1) is 0 Å². The Labute approximate surface area is 194 Å². The Kier molecular flexibility index (Phi) is 5.83. The third-order valence-electron chi connectivity index (χ3n) is 7.10. The number of aromatic nitrogens is 1. The largest absolute Gasteiger partial charge is 0.493 e. The van der Waals surface area contributed by atoms with Crippen LogP contribution in [0, 0.1) is 5.92 Å². The number of amides is 1. The Balaban J connectivity index is 1.26. The molecule has 0 spiro atoms. The number of ether oxygens (including phenoxy) is 2. The van der Waals surface area contributed by atoms with Crippen LogP contribution < -0.4 is 9.47 Å². The number of hydrogen-bond donors (Lipinski definition) is 0. The van der Waals surface area contributed by atoms with Crippen LogP contribution in [0.5, 0.6) is 11.5 Å². The van der Waals surface area contributed by atoms with E-state index in [1.54, 1.807) is 14.2 Å². The Morgan fingerprint density at radius 2 is 1.76 bits per heavy atom. The van der Waals surface area contributed by atoms with Crippen molar-refractivity contribution < 1.29 is 18.8 Å². The zero-order valence-corrected chi connectivity index (χ0v) is 19.3. The second-order valence-electron chi connectivity index (χ2n) is 9.15. The van der Waals surface area contributed by atoms with Crippen LogP contribution in [0.2, 0.25) is 0 Å². The van der Waals surface area contributed by atoms with Gasteiger partial charge in [-0.05, 0) is 61.8 Å². The van der Waals surface area contributed by atoms with Crippen molar-refractivity contribution in [2.24, 2.45) is 5.92 Å². The average molecular weight is 447 g/mol. The fraction of sp³-hybridized carbons (Fsp3) is 0.407. The van der Waals surface area contributed by atoms with Gasteiger partial charge >= 0.3 is 0 Å². The summed E-state index contributed by atoms with van der Waals surface area (Å²) in [4.78, 5) is 15.5. The first-order valence-electron chi connectivity index (χ1n) is 11.7. The lowest BCUT2D eigenvalue weighted by Gasteiger charge is -2.34. The lowest BCUT2D eigenvalue weighted by atomic mass is 9.89. The number of piperidine rings is 1. The normalized spacial score (nSPS) is 17.6. The van der Waals surface area contributed by atoms with Crippen molar-refractivity contribution in [3.8, 4) is 22.8 Å². The number of carbonyl (C=O) groups excluding carboxylic acids is 1. The van der Waals surface area contributed by atoms with Crippen molar-refractivity contribution >= 4 is 5.91 Å². The van der Waals surface area contributed by atoms with E-state index in [0.29, 0.717) is 23.2 Å². The van der Waals surface area contributed by atoms with Gasteiger partial charge in [-0.3, -0.25) is 4.79 Å². The van der Waals surface area contributed by atoms with Gasteiger partial charge in [-0.2, -0.15) is 0 Å². The minimum absolute atomic E-state index is 0.202. The second kappa shape index (κ2) is 8.93. The van der Waals surface area contributed by atoms with Gasteiger partial charge in [0.2, 0.25) is 5.91 Å². The van der Waals surface area contributed by atoms with Gasteiger partial charge in [0.25, 0.3) is 0 Å². The topological polar surface area (TPSA) is 64.8 Å². The zero-order valence-electron chi connectivity index (χ0n) is 19.3. The Morgan fingerprint density at radius 3 is 2.42 bits per heavy atom. The molecule has 3 aromatic rings. The second-order valence-corrected chi connectivity index (χ2v) is 9.15. The smallest absolute Gasteiger partial charge is 0.234 e. The van der Waals surface area contributed by atoms with E-state index >= 15 is 0 Å². The summed E-state index contributed by atoms with van der Waals surface area (Å²) in [5.41, 5.74) is 2.44. The van der Waals surface area contributed by atoms with Crippen molar-refractivity contribution in [3.63, 3.8) is 0 Å². The van der Waals surface area contributed by atoms with E-state index in [-0.39, 0.29) is 5.91 Å². The van der Waals surface area contributed by atoms with Gasteiger partial charge < -0.3 is 18.9 Å². The van der Waals surface area contributed by atoms with Gasteiger partial charge in [0, 0.05) is 24.7 Å². The lowest BCUT2D eigenvalue weighted by molar-refractivity contribution is -0.135. The molecule has 1 aromatic heterocycles. The molecule has 1 aliphatic heterocycles. The van der Waals surface area contributed by atoms with E-state index in [4.69, 9.17) is 14.0 Å². The highest BCUT2D eigenvalue weighted by Crippen LogP contribution is 2.50. The molecule has 0 radical (unpaired) electrons. The van der Waals surface area contributed by atoms with Crippen LogP contribution in [0.15, 0.2) is 59.1 Å². The molecule has 0 N–H and O–H groups in total. The van der Waals surface area contributed by atoms with Gasteiger partial charge in [-0.1, -0.05) is 35.5 Å². The third-order valence-corrected chi connectivity index (χ3v) is 7.10. The maximum atomic E-state index is 13.5. The zero-order chi connectivity index (χ0) is 22.8. The monoisotopic (exact) mass is 446 g/mol. The van der Waals surface area contributed by atoms with Crippen LogP contribution in [-0.4, -0.2) is 43.3 Å². The number of hydrogen-bond acceptors (Lipinski definition) is 5. The standard InChI is InChI=1S/C27H30N2O4/c1-31-22-9-8-21(17-24(22)32-2)23-18-25(28-33-23)27(12-13-27)26(30)29-14-10-20(11-15-29)16-19-6-4-3-5-7-19/h3-9,17-18,20H,10-16H2,1-2H3. The summed E-state index contributed by atoms with van der Waals surface area (Å²) in [5, 5.41) is 4.32. The maximum Gasteiger partial charge on any atom is 0.234 e. The van der Waals surface area contributed by atoms with Crippen LogP contribution in [-0.2, 0) is 16.6 Å². The summed E-state index contributed by atoms with van der Waals surface area (Å²) >= 11 is 0. The summed E-state index contributed by atoms with van der Waals surface area (Å²) in [6, 6.07) is 18.2. The molecule has 6 nitrogen and oxygen atoms in total. The SMILES string of the molecule is COc1ccc(-c2cc(C3(C(=O)N4CCC(Cc5ccccc5)CC4)CC3)no2)cc1OC. The molecule has 2 aromatic carbocycles. The summed E-state index contributed by atoms with van der Waals surface area (Å²) < 4.78 is 16.4. The van der Waals surface area contributed by atoms with Gasteiger partial charge in [-0.25, -0.2) is 0 Å². The number of methoxy groups -OCH3 is 2. The number of likely N-dealkylation sites (tertiary alicyclic amines) is 1. The fourth-order valence-electron chi connectivity index (χ4n) is 4.92. The Bertz CT molecular complexity index is 1110. The van der Waals surface area contributed by atoms with Crippen LogP contribution in [0.1, 0.15) is 36.9 Å². The molecule has 0 bridgehead atoms.